The number of hydrogen-bond acceptors (Lipinski definition) is 7. The van der Waals surface area contributed by atoms with Crippen molar-refractivity contribution in [2.75, 3.05) is 6.54 Å². The van der Waals surface area contributed by atoms with E-state index in [-0.39, 0.29) is 17.5 Å². The normalized spacial score (nSPS) is 18.9. The summed E-state index contributed by atoms with van der Waals surface area (Å²) in [6.45, 7) is 5.59. The van der Waals surface area contributed by atoms with Crippen LogP contribution in [0.2, 0.25) is 0 Å². The third-order valence-electron chi connectivity index (χ3n) is 4.33. The van der Waals surface area contributed by atoms with Crippen LogP contribution >= 0.6 is 11.3 Å². The van der Waals surface area contributed by atoms with Gasteiger partial charge in [0.1, 0.15) is 10.5 Å². The van der Waals surface area contributed by atoms with Gasteiger partial charge in [0.05, 0.1) is 18.1 Å². The van der Waals surface area contributed by atoms with E-state index in [2.05, 4.69) is 25.0 Å². The molecule has 24 heavy (non-hydrogen) atoms. The lowest BCUT2D eigenvalue weighted by Crippen LogP contribution is -2.26. The lowest BCUT2D eigenvalue weighted by molar-refractivity contribution is 0.228. The van der Waals surface area contributed by atoms with Gasteiger partial charge in [-0.25, -0.2) is 4.98 Å². The number of aromatic nitrogens is 4. The Morgan fingerprint density at radius 2 is 2.33 bits per heavy atom. The summed E-state index contributed by atoms with van der Waals surface area (Å²) < 4.78 is 6.02. The standard InChI is InChI=1S/C16H19N5O2S/c1-9(2)16-19-14(20-23-16)11-4-3-6-21(11)8-12-17-10-5-7-24-13(10)15(22)18-12/h5,7,9,11H,3-4,6,8H2,1-2H3,(H,17,18,22). The van der Waals surface area contributed by atoms with Gasteiger partial charge >= 0.3 is 0 Å². The monoisotopic (exact) mass is 345 g/mol. The van der Waals surface area contributed by atoms with Crippen LogP contribution in [0.15, 0.2) is 20.8 Å². The van der Waals surface area contributed by atoms with Gasteiger partial charge in [0, 0.05) is 5.92 Å². The quantitative estimate of drug-likeness (QED) is 0.782. The Bertz CT molecular complexity index is 912. The Morgan fingerprint density at radius 3 is 3.12 bits per heavy atom. The van der Waals surface area contributed by atoms with Gasteiger partial charge in [0.2, 0.25) is 5.89 Å². The Balaban J connectivity index is 1.58. The molecule has 0 amide bonds. The number of aromatic amines is 1. The minimum absolute atomic E-state index is 0.0672. The van der Waals surface area contributed by atoms with Crippen molar-refractivity contribution in [2.24, 2.45) is 0 Å². The maximum Gasteiger partial charge on any atom is 0.268 e. The molecule has 1 unspecified atom stereocenters. The zero-order valence-electron chi connectivity index (χ0n) is 13.7. The molecule has 1 atom stereocenters. The van der Waals surface area contributed by atoms with E-state index in [0.717, 1.165) is 30.7 Å². The highest BCUT2D eigenvalue weighted by molar-refractivity contribution is 7.17. The molecule has 1 aliphatic rings. The molecular weight excluding hydrogens is 326 g/mol. The van der Waals surface area contributed by atoms with Crippen molar-refractivity contribution in [1.29, 1.82) is 0 Å². The van der Waals surface area contributed by atoms with E-state index in [1.807, 2.05) is 25.3 Å². The molecule has 8 heteroatoms. The largest absolute Gasteiger partial charge is 0.339 e. The van der Waals surface area contributed by atoms with E-state index < -0.39 is 0 Å². The van der Waals surface area contributed by atoms with Crippen LogP contribution in [0, 0.1) is 0 Å². The van der Waals surface area contributed by atoms with Gasteiger partial charge in [0.25, 0.3) is 5.56 Å². The van der Waals surface area contributed by atoms with Crippen LogP contribution in [0.3, 0.4) is 0 Å². The highest BCUT2D eigenvalue weighted by atomic mass is 32.1. The zero-order valence-corrected chi connectivity index (χ0v) is 14.5. The Morgan fingerprint density at radius 1 is 1.46 bits per heavy atom. The van der Waals surface area contributed by atoms with Crippen molar-refractivity contribution in [1.82, 2.24) is 25.0 Å². The van der Waals surface area contributed by atoms with E-state index in [4.69, 9.17) is 4.52 Å². The molecule has 3 aromatic rings. The van der Waals surface area contributed by atoms with Gasteiger partial charge in [-0.2, -0.15) is 4.98 Å². The van der Waals surface area contributed by atoms with E-state index >= 15 is 0 Å². The molecule has 4 rings (SSSR count). The molecule has 1 fully saturated rings. The number of thiophene rings is 1. The summed E-state index contributed by atoms with van der Waals surface area (Å²) in [5, 5.41) is 6.04. The molecule has 0 saturated carbocycles. The van der Waals surface area contributed by atoms with Crippen LogP contribution in [0.5, 0.6) is 0 Å². The first-order valence-electron chi connectivity index (χ1n) is 8.16. The maximum absolute atomic E-state index is 12.1. The number of nitrogens with zero attached hydrogens (tertiary/aromatic N) is 4. The van der Waals surface area contributed by atoms with Crippen molar-refractivity contribution in [3.05, 3.63) is 39.3 Å². The molecule has 1 N–H and O–H groups in total. The molecule has 1 saturated heterocycles. The van der Waals surface area contributed by atoms with Crippen LogP contribution < -0.4 is 5.56 Å². The van der Waals surface area contributed by atoms with Gasteiger partial charge in [-0.15, -0.1) is 11.3 Å². The summed E-state index contributed by atoms with van der Waals surface area (Å²) in [5.41, 5.74) is 0.693. The summed E-state index contributed by atoms with van der Waals surface area (Å²) in [7, 11) is 0. The molecule has 7 nitrogen and oxygen atoms in total. The minimum Gasteiger partial charge on any atom is -0.339 e. The third kappa shape index (κ3) is 2.76. The van der Waals surface area contributed by atoms with E-state index in [0.29, 0.717) is 23.0 Å². The molecule has 4 heterocycles. The molecule has 0 radical (unpaired) electrons. The molecule has 0 bridgehead atoms. The number of likely N-dealkylation sites (tertiary alicyclic amines) is 1. The number of fused-ring (bicyclic) bond motifs is 1. The second kappa shape index (κ2) is 6.10. The van der Waals surface area contributed by atoms with Gasteiger partial charge in [-0.05, 0) is 30.8 Å². The summed E-state index contributed by atoms with van der Waals surface area (Å²) in [6, 6.07) is 2.00. The first-order valence-corrected chi connectivity index (χ1v) is 9.03. The van der Waals surface area contributed by atoms with Gasteiger partial charge in [-0.1, -0.05) is 19.0 Å². The highest BCUT2D eigenvalue weighted by Gasteiger charge is 2.31. The second-order valence-corrected chi connectivity index (χ2v) is 7.34. The lowest BCUT2D eigenvalue weighted by Gasteiger charge is -2.20. The van der Waals surface area contributed by atoms with E-state index in [1.165, 1.54) is 11.3 Å². The summed E-state index contributed by atoms with van der Waals surface area (Å²) >= 11 is 1.42. The second-order valence-electron chi connectivity index (χ2n) is 6.42. The summed E-state index contributed by atoms with van der Waals surface area (Å²) in [6.07, 6.45) is 2.06. The van der Waals surface area contributed by atoms with Crippen LogP contribution in [0.25, 0.3) is 10.2 Å². The fraction of sp³-hybridized carbons (Fsp3) is 0.500. The average Bonchev–Trinajstić information content (AvgIpc) is 3.26. The Hall–Kier alpha value is -2.06. The van der Waals surface area contributed by atoms with Crippen molar-refractivity contribution in [3.63, 3.8) is 0 Å². The molecule has 0 aromatic carbocycles. The van der Waals surface area contributed by atoms with Gasteiger partial charge in [0.15, 0.2) is 5.82 Å². The van der Waals surface area contributed by atoms with Crippen LogP contribution in [0.1, 0.15) is 56.2 Å². The third-order valence-corrected chi connectivity index (χ3v) is 5.23. The smallest absolute Gasteiger partial charge is 0.268 e. The van der Waals surface area contributed by atoms with E-state index in [9.17, 15) is 4.79 Å². The number of nitrogens with one attached hydrogen (secondary N) is 1. The predicted molar refractivity (Wildman–Crippen MR) is 91.0 cm³/mol. The van der Waals surface area contributed by atoms with Crippen LogP contribution in [-0.4, -0.2) is 31.6 Å². The first-order chi connectivity index (χ1) is 11.6. The molecule has 0 spiro atoms. The topological polar surface area (TPSA) is 87.9 Å². The average molecular weight is 345 g/mol. The number of rotatable bonds is 4. The van der Waals surface area contributed by atoms with Crippen molar-refractivity contribution < 1.29 is 4.52 Å². The van der Waals surface area contributed by atoms with Crippen LogP contribution in [-0.2, 0) is 6.54 Å². The Labute approximate surface area is 142 Å². The van der Waals surface area contributed by atoms with Gasteiger partial charge < -0.3 is 9.51 Å². The lowest BCUT2D eigenvalue weighted by atomic mass is 10.2. The molecule has 0 aliphatic carbocycles. The molecular formula is C16H19N5O2S. The zero-order chi connectivity index (χ0) is 16.7. The Kier molecular flexibility index (Phi) is 3.93. The fourth-order valence-electron chi connectivity index (χ4n) is 3.11. The SMILES string of the molecule is CC(C)c1nc(C2CCCN2Cc2nc3ccsc3c(=O)[nH]2)no1. The van der Waals surface area contributed by atoms with Crippen molar-refractivity contribution in [3.8, 4) is 0 Å². The van der Waals surface area contributed by atoms with Gasteiger partial charge in [-0.3, -0.25) is 9.69 Å². The molecule has 3 aromatic heterocycles. The van der Waals surface area contributed by atoms with Crippen LogP contribution in [0.4, 0.5) is 0 Å². The minimum atomic E-state index is -0.0672. The fourth-order valence-corrected chi connectivity index (χ4v) is 3.84. The first kappa shape index (κ1) is 15.5. The van der Waals surface area contributed by atoms with Crippen molar-refractivity contribution >= 4 is 21.6 Å². The highest BCUT2D eigenvalue weighted by Crippen LogP contribution is 2.31. The predicted octanol–water partition coefficient (Wildman–Crippen LogP) is 2.83. The molecule has 126 valence electrons. The number of H-pyrrole nitrogens is 1. The summed E-state index contributed by atoms with van der Waals surface area (Å²) in [4.78, 5) is 26.4. The maximum atomic E-state index is 12.1. The number of hydrogen-bond donors (Lipinski definition) is 1. The van der Waals surface area contributed by atoms with E-state index in [1.54, 1.807) is 0 Å². The summed E-state index contributed by atoms with van der Waals surface area (Å²) in [5.74, 6) is 2.31. The molecule has 1 aliphatic heterocycles. The van der Waals surface area contributed by atoms with Crippen molar-refractivity contribution in [2.45, 2.75) is 45.2 Å².